The quantitative estimate of drug-likeness (QED) is 0.305. The normalized spacial score (nSPS) is 11.7. The van der Waals surface area contributed by atoms with Crippen molar-refractivity contribution in [3.05, 3.63) is 24.5 Å². The lowest BCUT2D eigenvalue weighted by Crippen LogP contribution is -2.21. The van der Waals surface area contributed by atoms with Crippen LogP contribution in [0.1, 0.15) is 96.8 Å². The van der Waals surface area contributed by atoms with Gasteiger partial charge in [0.1, 0.15) is 0 Å². The Labute approximate surface area is 160 Å². The van der Waals surface area contributed by atoms with Crippen molar-refractivity contribution in [2.45, 2.75) is 96.8 Å². The first kappa shape index (κ1) is 23.0. The summed E-state index contributed by atoms with van der Waals surface area (Å²) in [5, 5.41) is 0. The molecule has 0 radical (unpaired) electrons. The zero-order chi connectivity index (χ0) is 18.9. The molecule has 0 atom stereocenters. The van der Waals surface area contributed by atoms with Gasteiger partial charge in [-0.1, -0.05) is 90.4 Å². The molecule has 1 rings (SSSR count). The largest absolute Gasteiger partial charge is 0.467 e. The van der Waals surface area contributed by atoms with Crippen LogP contribution in [0.3, 0.4) is 0 Å². The fourth-order valence-electron chi connectivity index (χ4n) is 2.95. The number of unbranched alkanes of at least 4 members (excludes halogenated alkanes) is 13. The lowest BCUT2D eigenvalue weighted by Gasteiger charge is -2.07. The van der Waals surface area contributed by atoms with Gasteiger partial charge in [0.05, 0.1) is 6.61 Å². The van der Waals surface area contributed by atoms with Gasteiger partial charge in [0.15, 0.2) is 0 Å². The number of rotatable bonds is 18. The van der Waals surface area contributed by atoms with Crippen LogP contribution < -0.4 is 4.28 Å². The van der Waals surface area contributed by atoms with Gasteiger partial charge in [-0.2, -0.15) is 13.1 Å². The van der Waals surface area contributed by atoms with E-state index in [9.17, 15) is 8.42 Å². The predicted octanol–water partition coefficient (Wildman–Crippen LogP) is 5.66. The summed E-state index contributed by atoms with van der Waals surface area (Å²) in [6.45, 7) is 2.44. The highest BCUT2D eigenvalue weighted by atomic mass is 32.3. The molecule has 1 aromatic rings. The standard InChI is InChI=1S/C20H37NO4S/c1-2-3-4-5-6-7-8-9-10-11-12-13-14-17-20-24-26(22,23)25-21-18-15-16-19-21/h15-16,18-19H,2-14,17,20H2,1H3. The maximum absolute atomic E-state index is 11.6. The van der Waals surface area contributed by atoms with E-state index in [-0.39, 0.29) is 6.61 Å². The summed E-state index contributed by atoms with van der Waals surface area (Å²) in [6, 6.07) is 3.37. The van der Waals surface area contributed by atoms with E-state index in [2.05, 4.69) is 6.92 Å². The first-order valence-corrected chi connectivity index (χ1v) is 11.7. The van der Waals surface area contributed by atoms with Crippen molar-refractivity contribution in [2.75, 3.05) is 6.61 Å². The molecular weight excluding hydrogens is 350 g/mol. The topological polar surface area (TPSA) is 57.5 Å². The molecule has 6 heteroatoms. The van der Waals surface area contributed by atoms with Crippen molar-refractivity contribution in [3.8, 4) is 0 Å². The molecule has 152 valence electrons. The van der Waals surface area contributed by atoms with Crippen molar-refractivity contribution >= 4 is 10.4 Å². The molecule has 1 heterocycles. The molecular formula is C20H37NO4S. The van der Waals surface area contributed by atoms with Crippen LogP contribution in [-0.4, -0.2) is 19.8 Å². The number of nitrogens with zero attached hydrogens (tertiary/aromatic N) is 1. The summed E-state index contributed by atoms with van der Waals surface area (Å²) in [6.07, 6.45) is 20.8. The average Bonchev–Trinajstić information content (AvgIpc) is 3.10. The Kier molecular flexibility index (Phi) is 13.4. The first-order chi connectivity index (χ1) is 12.6. The van der Waals surface area contributed by atoms with Crippen LogP contribution >= 0.6 is 0 Å². The van der Waals surface area contributed by atoms with Gasteiger partial charge >= 0.3 is 10.4 Å². The number of hydrogen-bond acceptors (Lipinski definition) is 4. The van der Waals surface area contributed by atoms with Crippen molar-refractivity contribution in [1.29, 1.82) is 0 Å². The fraction of sp³-hybridized carbons (Fsp3) is 0.800. The highest BCUT2D eigenvalue weighted by Crippen LogP contribution is 2.13. The Hall–Kier alpha value is -1.01. The van der Waals surface area contributed by atoms with Gasteiger partial charge in [-0.05, 0) is 18.6 Å². The van der Waals surface area contributed by atoms with Crippen LogP contribution in [0.15, 0.2) is 24.5 Å². The molecule has 0 saturated carbocycles. The molecule has 0 aliphatic heterocycles. The highest BCUT2D eigenvalue weighted by molar-refractivity contribution is 7.82. The molecule has 0 spiro atoms. The summed E-state index contributed by atoms with van der Waals surface area (Å²) in [4.78, 5) is 0. The van der Waals surface area contributed by atoms with Crippen LogP contribution in [-0.2, 0) is 14.6 Å². The van der Waals surface area contributed by atoms with E-state index in [0.717, 1.165) is 24.0 Å². The third-order valence-electron chi connectivity index (χ3n) is 4.48. The van der Waals surface area contributed by atoms with E-state index in [1.54, 1.807) is 12.1 Å². The maximum Gasteiger partial charge on any atom is 0.467 e. The Morgan fingerprint density at radius 1 is 0.692 bits per heavy atom. The van der Waals surface area contributed by atoms with Crippen LogP contribution in [0.2, 0.25) is 0 Å². The third kappa shape index (κ3) is 13.2. The summed E-state index contributed by atoms with van der Waals surface area (Å²) in [7, 11) is -3.96. The molecule has 0 N–H and O–H groups in total. The Balaban J connectivity index is 1.82. The predicted molar refractivity (Wildman–Crippen MR) is 106 cm³/mol. The zero-order valence-electron chi connectivity index (χ0n) is 16.4. The molecule has 0 bridgehead atoms. The van der Waals surface area contributed by atoms with Crippen LogP contribution in [0, 0.1) is 0 Å². The van der Waals surface area contributed by atoms with Gasteiger partial charge in [-0.25, -0.2) is 4.18 Å². The summed E-state index contributed by atoms with van der Waals surface area (Å²) < 4.78 is 33.8. The van der Waals surface area contributed by atoms with E-state index in [0.29, 0.717) is 0 Å². The second-order valence-electron chi connectivity index (χ2n) is 6.94. The van der Waals surface area contributed by atoms with Crippen molar-refractivity contribution in [3.63, 3.8) is 0 Å². The van der Waals surface area contributed by atoms with Gasteiger partial charge < -0.3 is 0 Å². The van der Waals surface area contributed by atoms with E-state index < -0.39 is 10.4 Å². The molecule has 0 unspecified atom stereocenters. The van der Waals surface area contributed by atoms with Gasteiger partial charge in [-0.3, -0.25) is 4.28 Å². The number of aromatic nitrogens is 1. The third-order valence-corrected chi connectivity index (χ3v) is 5.29. The van der Waals surface area contributed by atoms with Crippen molar-refractivity contribution in [1.82, 2.24) is 4.73 Å². The maximum atomic E-state index is 11.6. The van der Waals surface area contributed by atoms with Crippen molar-refractivity contribution < 1.29 is 16.9 Å². The van der Waals surface area contributed by atoms with E-state index in [4.69, 9.17) is 8.47 Å². The average molecular weight is 388 g/mol. The van der Waals surface area contributed by atoms with Gasteiger partial charge in [0, 0.05) is 12.4 Å². The lowest BCUT2D eigenvalue weighted by molar-refractivity contribution is 0.195. The molecule has 1 aromatic heterocycles. The van der Waals surface area contributed by atoms with Crippen LogP contribution in [0.5, 0.6) is 0 Å². The molecule has 5 nitrogen and oxygen atoms in total. The highest BCUT2D eigenvalue weighted by Gasteiger charge is 2.12. The number of hydrogen-bond donors (Lipinski definition) is 0. The van der Waals surface area contributed by atoms with E-state index in [1.807, 2.05) is 0 Å². The summed E-state index contributed by atoms with van der Waals surface area (Å²) >= 11 is 0. The molecule has 0 fully saturated rings. The second kappa shape index (κ2) is 15.1. The first-order valence-electron chi connectivity index (χ1n) is 10.4. The van der Waals surface area contributed by atoms with Gasteiger partial charge in [0.25, 0.3) is 0 Å². The van der Waals surface area contributed by atoms with Crippen molar-refractivity contribution in [2.24, 2.45) is 0 Å². The smallest absolute Gasteiger partial charge is 0.267 e. The summed E-state index contributed by atoms with van der Waals surface area (Å²) in [5.74, 6) is 0. The molecule has 26 heavy (non-hydrogen) atoms. The van der Waals surface area contributed by atoms with Crippen LogP contribution in [0.4, 0.5) is 0 Å². The zero-order valence-corrected chi connectivity index (χ0v) is 17.2. The molecule has 0 aliphatic rings. The minimum Gasteiger partial charge on any atom is -0.267 e. The molecule has 0 amide bonds. The lowest BCUT2D eigenvalue weighted by atomic mass is 10.0. The van der Waals surface area contributed by atoms with Crippen LogP contribution in [0.25, 0.3) is 0 Å². The fourth-order valence-corrected chi connectivity index (χ4v) is 3.63. The minimum absolute atomic E-state index is 0.182. The minimum atomic E-state index is -3.96. The monoisotopic (exact) mass is 387 g/mol. The van der Waals surface area contributed by atoms with E-state index >= 15 is 0 Å². The van der Waals surface area contributed by atoms with Gasteiger partial charge in [0.2, 0.25) is 0 Å². The van der Waals surface area contributed by atoms with E-state index in [1.165, 1.54) is 83.0 Å². The molecule has 0 aromatic carbocycles. The van der Waals surface area contributed by atoms with Gasteiger partial charge in [-0.15, -0.1) is 0 Å². The Morgan fingerprint density at radius 3 is 1.58 bits per heavy atom. The Morgan fingerprint density at radius 2 is 1.12 bits per heavy atom. The summed E-state index contributed by atoms with van der Waals surface area (Å²) in [5.41, 5.74) is 0. The molecule has 0 aliphatic carbocycles. The second-order valence-corrected chi connectivity index (χ2v) is 8.15. The molecule has 0 saturated heterocycles. The SMILES string of the molecule is CCCCCCCCCCCCCCCCOS(=O)(=O)On1cccc1. The Bertz CT molecular complexity index is 514.